The Morgan fingerprint density at radius 1 is 0.884 bits per heavy atom. The summed E-state index contributed by atoms with van der Waals surface area (Å²) in [5.74, 6) is 0.105. The lowest BCUT2D eigenvalue weighted by Crippen LogP contribution is -2.60. The zero-order chi connectivity index (χ0) is 31.1. The summed E-state index contributed by atoms with van der Waals surface area (Å²) >= 11 is 0. The van der Waals surface area contributed by atoms with Crippen molar-refractivity contribution in [3.8, 4) is 11.5 Å². The minimum atomic E-state index is -1.92. The molecule has 2 aromatic rings. The van der Waals surface area contributed by atoms with E-state index in [0.717, 1.165) is 11.1 Å². The lowest BCUT2D eigenvalue weighted by molar-refractivity contribution is -0.318. The Kier molecular flexibility index (Phi) is 11.5. The van der Waals surface area contributed by atoms with Crippen molar-refractivity contribution in [1.82, 2.24) is 0 Å². The fourth-order valence-corrected chi connectivity index (χ4v) is 4.99. The number of Topliss-reactive ketones (excluding diaryl/α,β-unsaturated/α-hetero) is 1. The van der Waals surface area contributed by atoms with Crippen molar-refractivity contribution < 1.29 is 64.6 Å². The van der Waals surface area contributed by atoms with E-state index in [1.165, 1.54) is 24.3 Å². The number of phenols is 2. The maximum atomic E-state index is 13.0. The van der Waals surface area contributed by atoms with E-state index < -0.39 is 68.0 Å². The third kappa shape index (κ3) is 8.70. The molecule has 43 heavy (non-hydrogen) atoms. The van der Waals surface area contributed by atoms with Crippen LogP contribution in [0.3, 0.4) is 0 Å². The summed E-state index contributed by atoms with van der Waals surface area (Å²) in [7, 11) is 0. The van der Waals surface area contributed by atoms with E-state index in [4.69, 9.17) is 18.9 Å². The molecular formula is C30H40O13. The molecule has 13 nitrogen and oxygen atoms in total. The highest BCUT2D eigenvalue weighted by Gasteiger charge is 2.50. The van der Waals surface area contributed by atoms with Crippen LogP contribution in [0.1, 0.15) is 30.4 Å². The topological polar surface area (TPSA) is 216 Å². The average Bonchev–Trinajstić information content (AvgIpc) is 3.29. The first-order valence-corrected chi connectivity index (χ1v) is 14.2. The number of aromatic hydroxyl groups is 2. The first-order chi connectivity index (χ1) is 20.5. The van der Waals surface area contributed by atoms with Gasteiger partial charge >= 0.3 is 0 Å². The molecule has 0 bridgehead atoms. The number of rotatable bonds is 14. The van der Waals surface area contributed by atoms with Crippen LogP contribution in [-0.2, 0) is 36.6 Å². The quantitative estimate of drug-likeness (QED) is 0.133. The van der Waals surface area contributed by atoms with Crippen molar-refractivity contribution in [2.75, 3.05) is 19.8 Å². The van der Waals surface area contributed by atoms with Gasteiger partial charge < -0.3 is 59.8 Å². The molecular weight excluding hydrogens is 568 g/mol. The van der Waals surface area contributed by atoms with Gasteiger partial charge in [-0.25, -0.2) is 0 Å². The molecule has 2 saturated heterocycles. The second kappa shape index (κ2) is 14.9. The predicted molar refractivity (Wildman–Crippen MR) is 148 cm³/mol. The number of hydrogen-bond donors (Lipinski definition) is 8. The van der Waals surface area contributed by atoms with Gasteiger partial charge in [-0.2, -0.15) is 0 Å². The molecule has 1 unspecified atom stereocenters. The summed E-state index contributed by atoms with van der Waals surface area (Å²) in [5.41, 5.74) is -0.183. The van der Waals surface area contributed by atoms with Crippen LogP contribution in [0.25, 0.3) is 0 Å². The molecule has 0 aromatic heterocycles. The van der Waals surface area contributed by atoms with Gasteiger partial charge in [0.05, 0.1) is 25.9 Å². The Hall–Kier alpha value is -2.69. The average molecular weight is 609 g/mol. The highest BCUT2D eigenvalue weighted by molar-refractivity contribution is 5.79. The second-order valence-electron chi connectivity index (χ2n) is 11.1. The van der Waals surface area contributed by atoms with Gasteiger partial charge in [-0.15, -0.1) is 0 Å². The molecule has 2 aromatic carbocycles. The van der Waals surface area contributed by atoms with E-state index in [2.05, 4.69) is 0 Å². The monoisotopic (exact) mass is 608 g/mol. The summed E-state index contributed by atoms with van der Waals surface area (Å²) < 4.78 is 22.4. The van der Waals surface area contributed by atoms with Gasteiger partial charge in [0.25, 0.3) is 0 Å². The van der Waals surface area contributed by atoms with Gasteiger partial charge in [-0.05, 0) is 54.7 Å². The third-order valence-electron chi connectivity index (χ3n) is 7.78. The van der Waals surface area contributed by atoms with Gasteiger partial charge in [0.15, 0.2) is 12.6 Å². The molecule has 2 fully saturated rings. The normalized spacial score (nSPS) is 31.6. The zero-order valence-corrected chi connectivity index (χ0v) is 23.5. The fraction of sp³-hybridized carbons (Fsp3) is 0.567. The first-order valence-electron chi connectivity index (χ1n) is 14.2. The fourth-order valence-electron chi connectivity index (χ4n) is 4.99. The number of benzene rings is 2. The van der Waals surface area contributed by atoms with Gasteiger partial charge in [0.1, 0.15) is 53.4 Å². The van der Waals surface area contributed by atoms with Crippen molar-refractivity contribution in [3.63, 3.8) is 0 Å². The van der Waals surface area contributed by atoms with E-state index in [1.807, 2.05) is 0 Å². The number of ether oxygens (including phenoxy) is 4. The summed E-state index contributed by atoms with van der Waals surface area (Å²) in [5, 5.41) is 80.4. The number of ketones is 1. The van der Waals surface area contributed by atoms with Gasteiger partial charge in [-0.3, -0.25) is 4.79 Å². The van der Waals surface area contributed by atoms with Crippen LogP contribution >= 0.6 is 0 Å². The van der Waals surface area contributed by atoms with Gasteiger partial charge in [0.2, 0.25) is 0 Å². The third-order valence-corrected chi connectivity index (χ3v) is 7.78. The number of aliphatic hydroxyl groups excluding tert-OH is 5. The summed E-state index contributed by atoms with van der Waals surface area (Å²) in [4.78, 5) is 13.0. The van der Waals surface area contributed by atoms with Crippen LogP contribution in [0.4, 0.5) is 0 Å². The highest BCUT2D eigenvalue weighted by Crippen LogP contribution is 2.29. The molecule has 2 heterocycles. The number of phenolic OH excluding ortho intramolecular Hbond substituents is 2. The summed E-state index contributed by atoms with van der Waals surface area (Å²) in [6, 6.07) is 13.1. The number of aliphatic hydroxyl groups is 6. The van der Waals surface area contributed by atoms with Crippen LogP contribution in [-0.4, -0.2) is 121 Å². The van der Waals surface area contributed by atoms with Crippen LogP contribution in [0.15, 0.2) is 48.5 Å². The van der Waals surface area contributed by atoms with E-state index in [0.29, 0.717) is 19.3 Å². The molecule has 2 aliphatic rings. The molecule has 0 aliphatic carbocycles. The van der Waals surface area contributed by atoms with Crippen LogP contribution in [0.2, 0.25) is 0 Å². The van der Waals surface area contributed by atoms with Crippen molar-refractivity contribution in [3.05, 3.63) is 59.7 Å². The maximum absolute atomic E-state index is 13.0. The SMILES string of the molecule is O=C(CCc1ccc(O)cc1)C[C@H](CCc1ccc(O)cc1)O[C@@H]1O[C@H](CO[C@H]2OCC(O)(CO)[C@H]2O)[C@@H](O)[C@H](O)[C@H]1O. The Morgan fingerprint density at radius 2 is 1.49 bits per heavy atom. The highest BCUT2D eigenvalue weighted by atomic mass is 16.7. The lowest BCUT2D eigenvalue weighted by atomic mass is 9.97. The molecule has 4 rings (SSSR count). The van der Waals surface area contributed by atoms with Crippen molar-refractivity contribution >= 4 is 5.78 Å². The molecule has 0 radical (unpaired) electrons. The number of carbonyl (C=O) groups is 1. The molecule has 8 N–H and O–H groups in total. The van der Waals surface area contributed by atoms with Crippen LogP contribution < -0.4 is 0 Å². The molecule has 9 atom stereocenters. The Morgan fingerprint density at radius 3 is 2.07 bits per heavy atom. The molecule has 0 saturated carbocycles. The van der Waals surface area contributed by atoms with E-state index in [9.17, 15) is 45.6 Å². The molecule has 0 amide bonds. The standard InChI is InChI=1S/C30H40O13/c31-15-30(39)16-41-29(27(30)38)40-14-23-24(35)25(36)26(37)28(43-23)42-22(12-6-18-3-9-20(33)10-4-18)13-21(34)11-5-17-1-7-19(32)8-2-17/h1-4,7-10,22-29,31-33,35-39H,5-6,11-16H2/t22-,23+,24+,25-,26+,27-,28+,29-,30?/m0/s1. The van der Waals surface area contributed by atoms with Crippen LogP contribution in [0.5, 0.6) is 11.5 Å². The Labute approximate surface area is 248 Å². The molecule has 0 spiro atoms. The number of hydrogen-bond acceptors (Lipinski definition) is 13. The smallest absolute Gasteiger partial charge is 0.186 e. The minimum absolute atomic E-state index is 0.0373. The summed E-state index contributed by atoms with van der Waals surface area (Å²) in [6.07, 6.45) is -9.97. The van der Waals surface area contributed by atoms with E-state index in [1.54, 1.807) is 24.3 Å². The Balaban J connectivity index is 1.40. The molecule has 2 aliphatic heterocycles. The van der Waals surface area contributed by atoms with Gasteiger partial charge in [-0.1, -0.05) is 24.3 Å². The molecule has 238 valence electrons. The van der Waals surface area contributed by atoms with Crippen molar-refractivity contribution in [2.45, 2.75) is 86.9 Å². The predicted octanol–water partition coefficient (Wildman–Crippen LogP) is -0.728. The lowest BCUT2D eigenvalue weighted by Gasteiger charge is -2.41. The Bertz CT molecular complexity index is 1160. The van der Waals surface area contributed by atoms with Crippen molar-refractivity contribution in [1.29, 1.82) is 0 Å². The summed E-state index contributed by atoms with van der Waals surface area (Å²) in [6.45, 7) is -1.59. The minimum Gasteiger partial charge on any atom is -0.508 e. The van der Waals surface area contributed by atoms with Crippen LogP contribution in [0, 0.1) is 0 Å². The van der Waals surface area contributed by atoms with Gasteiger partial charge in [0, 0.05) is 12.8 Å². The number of aryl methyl sites for hydroxylation is 2. The van der Waals surface area contributed by atoms with E-state index in [-0.39, 0.29) is 36.7 Å². The first kappa shape index (κ1) is 33.2. The van der Waals surface area contributed by atoms with Crippen molar-refractivity contribution in [2.24, 2.45) is 0 Å². The maximum Gasteiger partial charge on any atom is 0.186 e. The second-order valence-corrected chi connectivity index (χ2v) is 11.1. The number of carbonyl (C=O) groups excluding carboxylic acids is 1. The largest absolute Gasteiger partial charge is 0.508 e. The van der Waals surface area contributed by atoms with E-state index >= 15 is 0 Å². The zero-order valence-electron chi connectivity index (χ0n) is 23.5. The molecule has 13 heteroatoms.